The highest BCUT2D eigenvalue weighted by atomic mass is 32.1. The third kappa shape index (κ3) is 2.62. The van der Waals surface area contributed by atoms with Crippen molar-refractivity contribution in [1.82, 2.24) is 10.3 Å². The minimum Gasteiger partial charge on any atom is -0.309 e. The molecule has 0 bridgehead atoms. The van der Waals surface area contributed by atoms with Gasteiger partial charge in [-0.1, -0.05) is 23.8 Å². The molecular formula is C15H18N2S. The molecule has 0 saturated heterocycles. The molecule has 0 atom stereocenters. The molecule has 94 valence electrons. The van der Waals surface area contributed by atoms with E-state index < -0.39 is 0 Å². The Morgan fingerprint density at radius 1 is 1.33 bits per heavy atom. The van der Waals surface area contributed by atoms with Crippen LogP contribution in [-0.2, 0) is 6.54 Å². The van der Waals surface area contributed by atoms with Crippen LogP contribution in [0.15, 0.2) is 24.3 Å². The molecule has 2 nitrogen and oxygen atoms in total. The van der Waals surface area contributed by atoms with Gasteiger partial charge in [-0.2, -0.15) is 0 Å². The van der Waals surface area contributed by atoms with E-state index in [1.165, 1.54) is 34.5 Å². The van der Waals surface area contributed by atoms with E-state index in [0.29, 0.717) is 0 Å². The fraction of sp³-hybridized carbons (Fsp3) is 0.400. The van der Waals surface area contributed by atoms with E-state index in [9.17, 15) is 0 Å². The first-order valence-electron chi connectivity index (χ1n) is 6.49. The van der Waals surface area contributed by atoms with Gasteiger partial charge in [-0.05, 0) is 32.8 Å². The Labute approximate surface area is 112 Å². The molecule has 1 aliphatic rings. The van der Waals surface area contributed by atoms with Crippen molar-refractivity contribution in [3.63, 3.8) is 0 Å². The van der Waals surface area contributed by atoms with Crippen molar-refractivity contribution >= 4 is 11.3 Å². The zero-order valence-corrected chi connectivity index (χ0v) is 11.7. The molecule has 3 heteroatoms. The molecule has 0 aliphatic heterocycles. The molecule has 0 unspecified atom stereocenters. The maximum Gasteiger partial charge on any atom is 0.123 e. The summed E-state index contributed by atoms with van der Waals surface area (Å²) >= 11 is 1.82. The highest BCUT2D eigenvalue weighted by molar-refractivity contribution is 7.15. The summed E-state index contributed by atoms with van der Waals surface area (Å²) in [6.07, 6.45) is 2.67. The topological polar surface area (TPSA) is 24.9 Å². The van der Waals surface area contributed by atoms with Gasteiger partial charge in [0, 0.05) is 23.0 Å². The average molecular weight is 258 g/mol. The number of hydrogen-bond donors (Lipinski definition) is 1. The lowest BCUT2D eigenvalue weighted by Gasteiger charge is -1.99. The van der Waals surface area contributed by atoms with Crippen molar-refractivity contribution in [3.8, 4) is 10.6 Å². The van der Waals surface area contributed by atoms with Crippen molar-refractivity contribution in [3.05, 3.63) is 40.4 Å². The van der Waals surface area contributed by atoms with E-state index >= 15 is 0 Å². The molecule has 0 radical (unpaired) electrons. The van der Waals surface area contributed by atoms with Crippen LogP contribution in [0, 0.1) is 13.8 Å². The van der Waals surface area contributed by atoms with Crippen molar-refractivity contribution in [2.24, 2.45) is 0 Å². The molecular weight excluding hydrogens is 240 g/mol. The number of aryl methyl sites for hydroxylation is 2. The van der Waals surface area contributed by atoms with Gasteiger partial charge in [0.05, 0.1) is 5.69 Å². The van der Waals surface area contributed by atoms with Crippen molar-refractivity contribution in [1.29, 1.82) is 0 Å². The SMILES string of the molecule is Cc1cccc(-c2nc(C)c(CNC3CC3)s2)c1. The lowest BCUT2D eigenvalue weighted by Crippen LogP contribution is -2.14. The largest absolute Gasteiger partial charge is 0.309 e. The number of rotatable bonds is 4. The zero-order chi connectivity index (χ0) is 12.5. The van der Waals surface area contributed by atoms with Gasteiger partial charge in [-0.3, -0.25) is 0 Å². The molecule has 1 N–H and O–H groups in total. The number of benzene rings is 1. The van der Waals surface area contributed by atoms with Gasteiger partial charge >= 0.3 is 0 Å². The Kier molecular flexibility index (Phi) is 3.18. The van der Waals surface area contributed by atoms with Gasteiger partial charge in [0.1, 0.15) is 5.01 Å². The summed E-state index contributed by atoms with van der Waals surface area (Å²) in [6, 6.07) is 9.33. The van der Waals surface area contributed by atoms with Crippen LogP contribution >= 0.6 is 11.3 Å². The fourth-order valence-corrected chi connectivity index (χ4v) is 3.03. The number of nitrogens with zero attached hydrogens (tertiary/aromatic N) is 1. The highest BCUT2D eigenvalue weighted by Gasteiger charge is 2.21. The predicted molar refractivity (Wildman–Crippen MR) is 76.9 cm³/mol. The Balaban J connectivity index is 1.82. The van der Waals surface area contributed by atoms with E-state index in [1.807, 2.05) is 11.3 Å². The van der Waals surface area contributed by atoms with Crippen LogP contribution in [0.1, 0.15) is 29.0 Å². The summed E-state index contributed by atoms with van der Waals surface area (Å²) in [4.78, 5) is 6.07. The van der Waals surface area contributed by atoms with Crippen LogP contribution < -0.4 is 5.32 Å². The van der Waals surface area contributed by atoms with E-state index in [2.05, 4.69) is 43.4 Å². The Morgan fingerprint density at radius 3 is 2.89 bits per heavy atom. The quantitative estimate of drug-likeness (QED) is 0.905. The van der Waals surface area contributed by atoms with Gasteiger partial charge in [-0.25, -0.2) is 4.98 Å². The Morgan fingerprint density at radius 2 is 2.17 bits per heavy atom. The second-order valence-corrected chi connectivity index (χ2v) is 6.14. The third-order valence-corrected chi connectivity index (χ3v) is 4.49. The minimum absolute atomic E-state index is 0.758. The normalized spacial score (nSPS) is 15.0. The van der Waals surface area contributed by atoms with Crippen molar-refractivity contribution in [2.75, 3.05) is 0 Å². The molecule has 0 amide bonds. The van der Waals surface area contributed by atoms with Crippen LogP contribution in [0.5, 0.6) is 0 Å². The number of thiazole rings is 1. The average Bonchev–Trinajstić information content (AvgIpc) is 3.10. The first-order chi connectivity index (χ1) is 8.72. The standard InChI is InChI=1S/C15H18N2S/c1-10-4-3-5-12(8-10)15-17-11(2)14(18-15)9-16-13-6-7-13/h3-5,8,13,16H,6-7,9H2,1-2H3. The molecule has 1 aromatic heterocycles. The van der Waals surface area contributed by atoms with Crippen LogP contribution in [0.25, 0.3) is 10.6 Å². The second kappa shape index (κ2) is 4.82. The van der Waals surface area contributed by atoms with Crippen LogP contribution in [-0.4, -0.2) is 11.0 Å². The highest BCUT2D eigenvalue weighted by Crippen LogP contribution is 2.29. The molecule has 1 heterocycles. The number of hydrogen-bond acceptors (Lipinski definition) is 3. The summed E-state index contributed by atoms with van der Waals surface area (Å²) in [7, 11) is 0. The minimum atomic E-state index is 0.758. The molecule has 3 rings (SSSR count). The molecule has 1 fully saturated rings. The maximum atomic E-state index is 4.70. The monoisotopic (exact) mass is 258 g/mol. The van der Waals surface area contributed by atoms with Crippen LogP contribution in [0.2, 0.25) is 0 Å². The van der Waals surface area contributed by atoms with Gasteiger partial charge in [0.25, 0.3) is 0 Å². The molecule has 1 aromatic carbocycles. The van der Waals surface area contributed by atoms with E-state index in [1.54, 1.807) is 0 Å². The van der Waals surface area contributed by atoms with Crippen LogP contribution in [0.3, 0.4) is 0 Å². The molecule has 18 heavy (non-hydrogen) atoms. The smallest absolute Gasteiger partial charge is 0.123 e. The van der Waals surface area contributed by atoms with E-state index in [4.69, 9.17) is 4.98 Å². The van der Waals surface area contributed by atoms with Crippen molar-refractivity contribution in [2.45, 2.75) is 39.3 Å². The lowest BCUT2D eigenvalue weighted by atomic mass is 10.1. The van der Waals surface area contributed by atoms with Gasteiger partial charge in [0.15, 0.2) is 0 Å². The fourth-order valence-electron chi connectivity index (χ4n) is 2.02. The number of aromatic nitrogens is 1. The van der Waals surface area contributed by atoms with E-state index in [-0.39, 0.29) is 0 Å². The summed E-state index contributed by atoms with van der Waals surface area (Å²) in [5.74, 6) is 0. The second-order valence-electron chi connectivity index (χ2n) is 5.05. The van der Waals surface area contributed by atoms with Gasteiger partial charge < -0.3 is 5.32 Å². The first kappa shape index (κ1) is 11.9. The lowest BCUT2D eigenvalue weighted by molar-refractivity contribution is 0.691. The molecule has 2 aromatic rings. The predicted octanol–water partition coefficient (Wildman–Crippen LogP) is 3.68. The summed E-state index contributed by atoms with van der Waals surface area (Å²) in [6.45, 7) is 5.21. The molecule has 1 aliphatic carbocycles. The zero-order valence-electron chi connectivity index (χ0n) is 10.9. The Bertz CT molecular complexity index is 555. The number of nitrogens with one attached hydrogen (secondary N) is 1. The maximum absolute atomic E-state index is 4.70. The van der Waals surface area contributed by atoms with E-state index in [0.717, 1.165) is 17.6 Å². The molecule has 1 saturated carbocycles. The molecule has 0 spiro atoms. The Hall–Kier alpha value is -1.19. The first-order valence-corrected chi connectivity index (χ1v) is 7.31. The summed E-state index contributed by atoms with van der Waals surface area (Å²) in [5, 5.41) is 4.70. The summed E-state index contributed by atoms with van der Waals surface area (Å²) in [5.41, 5.74) is 3.70. The van der Waals surface area contributed by atoms with Crippen LogP contribution in [0.4, 0.5) is 0 Å². The van der Waals surface area contributed by atoms with Crippen molar-refractivity contribution < 1.29 is 0 Å². The van der Waals surface area contributed by atoms with Gasteiger partial charge in [0.2, 0.25) is 0 Å². The summed E-state index contributed by atoms with van der Waals surface area (Å²) < 4.78 is 0. The third-order valence-electron chi connectivity index (χ3n) is 3.29. The van der Waals surface area contributed by atoms with Gasteiger partial charge in [-0.15, -0.1) is 11.3 Å².